The van der Waals surface area contributed by atoms with Crippen molar-refractivity contribution in [2.24, 2.45) is 5.92 Å². The maximum atomic E-state index is 13.0. The van der Waals surface area contributed by atoms with Gasteiger partial charge in [0.05, 0.1) is 25.9 Å². The van der Waals surface area contributed by atoms with Crippen molar-refractivity contribution in [3.8, 4) is 0 Å². The Morgan fingerprint density at radius 3 is 2.31 bits per heavy atom. The summed E-state index contributed by atoms with van der Waals surface area (Å²) >= 11 is 0. The second-order valence-electron chi connectivity index (χ2n) is 10.00. The van der Waals surface area contributed by atoms with E-state index >= 15 is 0 Å². The minimum atomic E-state index is -0.428. The molecule has 9 nitrogen and oxygen atoms in total. The van der Waals surface area contributed by atoms with Crippen LogP contribution in [0.15, 0.2) is 62.7 Å². The van der Waals surface area contributed by atoms with Crippen LogP contribution >= 0.6 is 0 Å². The van der Waals surface area contributed by atoms with E-state index in [-0.39, 0.29) is 5.56 Å². The van der Waals surface area contributed by atoms with E-state index in [4.69, 9.17) is 9.40 Å². The first-order chi connectivity index (χ1) is 17.5. The first-order valence-electron chi connectivity index (χ1n) is 12.7. The third-order valence-corrected chi connectivity index (χ3v) is 6.87. The lowest BCUT2D eigenvalue weighted by Gasteiger charge is -2.34. The number of aromatic amines is 1. The standard InChI is InChI=1S/C27H34N6O3/c1-20(2)10-11-32-23(19-31-14-12-30(13-15-31)18-22-9-6-16-36-22)28-25-24(32)26(34)29-27(35)33(25)17-21-7-4-3-5-8-21/h3-9,16,20H,10-15,17-19H2,1-2H3,(H,29,34,35). The van der Waals surface area contributed by atoms with Crippen LogP contribution in [0.3, 0.4) is 0 Å². The lowest BCUT2D eigenvalue weighted by Crippen LogP contribution is -2.45. The number of rotatable bonds is 9. The molecule has 1 fully saturated rings. The molecule has 3 aromatic heterocycles. The highest BCUT2D eigenvalue weighted by molar-refractivity contribution is 5.71. The van der Waals surface area contributed by atoms with Crippen LogP contribution < -0.4 is 11.2 Å². The molecule has 5 rings (SSSR count). The Hall–Kier alpha value is -3.43. The van der Waals surface area contributed by atoms with Crippen LogP contribution in [0, 0.1) is 5.92 Å². The SMILES string of the molecule is CC(C)CCn1c(CN2CCN(Cc3ccco3)CC2)nc2c1c(=O)[nH]c(=O)n2Cc1ccccc1. The van der Waals surface area contributed by atoms with Gasteiger partial charge in [-0.25, -0.2) is 9.78 Å². The summed E-state index contributed by atoms with van der Waals surface area (Å²) in [6, 6.07) is 13.7. The number of aromatic nitrogens is 4. The van der Waals surface area contributed by atoms with Crippen molar-refractivity contribution < 1.29 is 4.42 Å². The molecule has 0 spiro atoms. The van der Waals surface area contributed by atoms with Gasteiger partial charge in [-0.1, -0.05) is 44.2 Å². The monoisotopic (exact) mass is 490 g/mol. The highest BCUT2D eigenvalue weighted by Gasteiger charge is 2.23. The minimum Gasteiger partial charge on any atom is -0.468 e. The zero-order valence-corrected chi connectivity index (χ0v) is 21.0. The van der Waals surface area contributed by atoms with Crippen LogP contribution in [0.5, 0.6) is 0 Å². The first-order valence-corrected chi connectivity index (χ1v) is 12.7. The summed E-state index contributed by atoms with van der Waals surface area (Å²) in [5.41, 5.74) is 1.13. The third-order valence-electron chi connectivity index (χ3n) is 6.87. The van der Waals surface area contributed by atoms with Crippen molar-refractivity contribution in [1.82, 2.24) is 28.9 Å². The van der Waals surface area contributed by atoms with Crippen molar-refractivity contribution in [3.63, 3.8) is 0 Å². The largest absolute Gasteiger partial charge is 0.468 e. The first kappa shape index (κ1) is 24.3. The lowest BCUT2D eigenvalue weighted by atomic mass is 10.1. The number of fused-ring (bicyclic) bond motifs is 1. The molecule has 0 radical (unpaired) electrons. The average molecular weight is 491 g/mol. The van der Waals surface area contributed by atoms with Gasteiger partial charge in [-0.05, 0) is 30.0 Å². The number of imidazole rings is 1. The highest BCUT2D eigenvalue weighted by atomic mass is 16.3. The molecule has 0 amide bonds. The van der Waals surface area contributed by atoms with Gasteiger partial charge in [0.15, 0.2) is 11.2 Å². The van der Waals surface area contributed by atoms with Gasteiger partial charge in [0, 0.05) is 32.7 Å². The van der Waals surface area contributed by atoms with E-state index in [1.165, 1.54) is 0 Å². The Morgan fingerprint density at radius 1 is 0.917 bits per heavy atom. The molecule has 0 atom stereocenters. The van der Waals surface area contributed by atoms with Crippen LogP contribution in [0.2, 0.25) is 0 Å². The molecular weight excluding hydrogens is 456 g/mol. The quantitative estimate of drug-likeness (QED) is 0.388. The maximum Gasteiger partial charge on any atom is 0.330 e. The average Bonchev–Trinajstić information content (AvgIpc) is 3.50. The zero-order valence-electron chi connectivity index (χ0n) is 21.0. The van der Waals surface area contributed by atoms with Gasteiger partial charge in [0.2, 0.25) is 0 Å². The molecule has 36 heavy (non-hydrogen) atoms. The fraction of sp³-hybridized carbons (Fsp3) is 0.444. The Balaban J connectivity index is 1.43. The predicted molar refractivity (Wildman–Crippen MR) is 139 cm³/mol. The van der Waals surface area contributed by atoms with Crippen molar-refractivity contribution in [2.45, 2.75) is 46.4 Å². The van der Waals surface area contributed by atoms with E-state index in [2.05, 4.69) is 28.6 Å². The molecule has 0 saturated carbocycles. The molecule has 9 heteroatoms. The van der Waals surface area contributed by atoms with E-state index < -0.39 is 5.69 Å². The Kier molecular flexibility index (Phi) is 7.20. The predicted octanol–water partition coefficient (Wildman–Crippen LogP) is 2.89. The maximum absolute atomic E-state index is 13.0. The number of benzene rings is 1. The van der Waals surface area contributed by atoms with Crippen LogP contribution in [0.4, 0.5) is 0 Å². The summed E-state index contributed by atoms with van der Waals surface area (Å²) in [5.74, 6) is 2.30. The summed E-state index contributed by atoms with van der Waals surface area (Å²) in [5, 5.41) is 0. The summed E-state index contributed by atoms with van der Waals surface area (Å²) in [7, 11) is 0. The van der Waals surface area contributed by atoms with Crippen LogP contribution in [-0.2, 0) is 26.2 Å². The molecule has 1 saturated heterocycles. The van der Waals surface area contributed by atoms with Crippen molar-refractivity contribution in [1.29, 1.82) is 0 Å². The molecule has 4 heterocycles. The molecule has 0 bridgehead atoms. The van der Waals surface area contributed by atoms with Crippen molar-refractivity contribution >= 4 is 11.2 Å². The molecule has 1 N–H and O–H groups in total. The molecule has 1 aliphatic heterocycles. The van der Waals surface area contributed by atoms with Crippen LogP contribution in [0.25, 0.3) is 11.2 Å². The number of piperazine rings is 1. The van der Waals surface area contributed by atoms with Gasteiger partial charge in [0.25, 0.3) is 5.56 Å². The second kappa shape index (κ2) is 10.7. The van der Waals surface area contributed by atoms with E-state index in [1.807, 2.05) is 47.0 Å². The van der Waals surface area contributed by atoms with E-state index in [1.54, 1.807) is 10.8 Å². The Morgan fingerprint density at radius 2 is 1.64 bits per heavy atom. The number of nitrogens with one attached hydrogen (secondary N) is 1. The number of nitrogens with zero attached hydrogens (tertiary/aromatic N) is 5. The summed E-state index contributed by atoms with van der Waals surface area (Å²) < 4.78 is 9.12. The van der Waals surface area contributed by atoms with E-state index in [9.17, 15) is 9.59 Å². The van der Waals surface area contributed by atoms with Gasteiger partial charge < -0.3 is 8.98 Å². The van der Waals surface area contributed by atoms with E-state index in [0.29, 0.717) is 36.7 Å². The fourth-order valence-corrected chi connectivity index (χ4v) is 4.81. The fourth-order valence-electron chi connectivity index (χ4n) is 4.81. The number of furan rings is 1. The number of hydrogen-bond acceptors (Lipinski definition) is 6. The van der Waals surface area contributed by atoms with Crippen molar-refractivity contribution in [3.05, 3.63) is 86.7 Å². The van der Waals surface area contributed by atoms with Gasteiger partial charge in [-0.2, -0.15) is 0 Å². The van der Waals surface area contributed by atoms with Gasteiger partial charge in [0.1, 0.15) is 11.6 Å². The molecular formula is C27H34N6O3. The summed E-state index contributed by atoms with van der Waals surface area (Å²) in [4.78, 5) is 38.1. The molecule has 0 unspecified atom stereocenters. The van der Waals surface area contributed by atoms with Gasteiger partial charge in [-0.15, -0.1) is 0 Å². The van der Waals surface area contributed by atoms with Crippen LogP contribution in [0.1, 0.15) is 37.4 Å². The van der Waals surface area contributed by atoms with Gasteiger partial charge >= 0.3 is 5.69 Å². The minimum absolute atomic E-state index is 0.360. The number of H-pyrrole nitrogens is 1. The third kappa shape index (κ3) is 5.37. The van der Waals surface area contributed by atoms with Crippen LogP contribution in [-0.4, -0.2) is 55.1 Å². The topological polar surface area (TPSA) is 92.3 Å². The van der Waals surface area contributed by atoms with Crippen molar-refractivity contribution in [2.75, 3.05) is 26.2 Å². The normalized spacial score (nSPS) is 15.3. The Labute approximate surface area is 210 Å². The van der Waals surface area contributed by atoms with E-state index in [0.717, 1.165) is 56.3 Å². The second-order valence-corrected chi connectivity index (χ2v) is 10.00. The Bertz CT molecular complexity index is 1390. The number of aryl methyl sites for hydroxylation is 1. The molecule has 1 aliphatic rings. The highest BCUT2D eigenvalue weighted by Crippen LogP contribution is 2.18. The molecule has 0 aliphatic carbocycles. The lowest BCUT2D eigenvalue weighted by molar-refractivity contribution is 0.113. The summed E-state index contributed by atoms with van der Waals surface area (Å²) in [6.45, 7) is 10.5. The zero-order chi connectivity index (χ0) is 25.1. The van der Waals surface area contributed by atoms with Gasteiger partial charge in [-0.3, -0.25) is 24.1 Å². The molecule has 1 aromatic carbocycles. The number of hydrogen-bond donors (Lipinski definition) is 1. The molecule has 190 valence electrons. The summed E-state index contributed by atoms with van der Waals surface area (Å²) in [6.07, 6.45) is 2.64. The molecule has 4 aromatic rings. The smallest absolute Gasteiger partial charge is 0.330 e.